The van der Waals surface area contributed by atoms with Crippen molar-refractivity contribution in [3.8, 4) is 0 Å². The first-order chi connectivity index (χ1) is 14.7. The summed E-state index contributed by atoms with van der Waals surface area (Å²) in [6.07, 6.45) is 5.76. The molecule has 0 radical (unpaired) electrons. The number of nitrogens with one attached hydrogen (secondary N) is 1. The van der Waals surface area contributed by atoms with Crippen molar-refractivity contribution >= 4 is 21.6 Å². The predicted octanol–water partition coefficient (Wildman–Crippen LogP) is 2.78. The SMILES string of the molecule is CC1CCN(C(C)CNC(=O)c2cc(S(=O)(=O)N(C)C)ccc2N2CCCCC2)CC1. The second kappa shape index (κ2) is 10.3. The minimum absolute atomic E-state index is 0.154. The number of carbonyl (C=O) groups is 1. The van der Waals surface area contributed by atoms with E-state index in [9.17, 15) is 13.2 Å². The summed E-state index contributed by atoms with van der Waals surface area (Å²) < 4.78 is 26.5. The van der Waals surface area contributed by atoms with Crippen LogP contribution >= 0.6 is 0 Å². The Bertz CT molecular complexity index is 858. The van der Waals surface area contributed by atoms with Crippen molar-refractivity contribution in [2.24, 2.45) is 5.92 Å². The molecule has 3 rings (SSSR count). The van der Waals surface area contributed by atoms with Gasteiger partial charge in [-0.2, -0.15) is 0 Å². The molecule has 0 bridgehead atoms. The molecule has 8 heteroatoms. The monoisotopic (exact) mass is 450 g/mol. The third-order valence-corrected chi connectivity index (χ3v) is 8.50. The Morgan fingerprint density at radius 3 is 2.39 bits per heavy atom. The van der Waals surface area contributed by atoms with E-state index in [4.69, 9.17) is 0 Å². The summed E-state index contributed by atoms with van der Waals surface area (Å²) in [5.74, 6) is 0.570. The number of likely N-dealkylation sites (tertiary alicyclic amines) is 1. The van der Waals surface area contributed by atoms with E-state index in [1.165, 1.54) is 37.7 Å². The normalized spacial score (nSPS) is 20.1. The largest absolute Gasteiger partial charge is 0.371 e. The molecule has 1 N–H and O–H groups in total. The summed E-state index contributed by atoms with van der Waals surface area (Å²) in [5, 5.41) is 3.08. The molecule has 31 heavy (non-hydrogen) atoms. The van der Waals surface area contributed by atoms with Gasteiger partial charge in [0, 0.05) is 45.5 Å². The molecule has 1 aromatic rings. The first-order valence-corrected chi connectivity index (χ1v) is 13.0. The van der Waals surface area contributed by atoms with Crippen LogP contribution in [-0.4, -0.2) is 76.4 Å². The van der Waals surface area contributed by atoms with Gasteiger partial charge in [-0.25, -0.2) is 12.7 Å². The lowest BCUT2D eigenvalue weighted by Gasteiger charge is -2.35. The quantitative estimate of drug-likeness (QED) is 0.692. The summed E-state index contributed by atoms with van der Waals surface area (Å²) in [6, 6.07) is 5.21. The molecule has 0 aliphatic carbocycles. The van der Waals surface area contributed by atoms with Crippen molar-refractivity contribution in [1.29, 1.82) is 0 Å². The highest BCUT2D eigenvalue weighted by Gasteiger charge is 2.25. The minimum Gasteiger partial charge on any atom is -0.371 e. The number of benzene rings is 1. The van der Waals surface area contributed by atoms with Crippen LogP contribution in [0.2, 0.25) is 0 Å². The summed E-state index contributed by atoms with van der Waals surface area (Å²) in [6.45, 7) is 8.90. The van der Waals surface area contributed by atoms with Gasteiger partial charge < -0.3 is 10.2 Å². The number of rotatable bonds is 7. The second-order valence-corrected chi connectivity index (χ2v) is 11.4. The van der Waals surface area contributed by atoms with Gasteiger partial charge in [0.05, 0.1) is 10.5 Å². The number of amides is 1. The first-order valence-electron chi connectivity index (χ1n) is 11.5. The van der Waals surface area contributed by atoms with Gasteiger partial charge in [-0.1, -0.05) is 6.92 Å². The Balaban J connectivity index is 1.79. The summed E-state index contributed by atoms with van der Waals surface area (Å²) >= 11 is 0. The lowest BCUT2D eigenvalue weighted by atomic mass is 9.98. The fraction of sp³-hybridized carbons (Fsp3) is 0.696. The topological polar surface area (TPSA) is 73.0 Å². The van der Waals surface area contributed by atoms with E-state index in [0.717, 1.165) is 50.6 Å². The number of sulfonamides is 1. The summed E-state index contributed by atoms with van der Waals surface area (Å²) in [7, 11) is -0.590. The van der Waals surface area contributed by atoms with Crippen molar-refractivity contribution in [2.75, 3.05) is 51.7 Å². The van der Waals surface area contributed by atoms with Gasteiger partial charge in [0.2, 0.25) is 10.0 Å². The molecule has 174 valence electrons. The zero-order valence-corrected chi connectivity index (χ0v) is 20.2. The van der Waals surface area contributed by atoms with Crippen LogP contribution in [0, 0.1) is 5.92 Å². The predicted molar refractivity (Wildman–Crippen MR) is 125 cm³/mol. The van der Waals surface area contributed by atoms with Crippen LogP contribution in [0.5, 0.6) is 0 Å². The fourth-order valence-electron chi connectivity index (χ4n) is 4.41. The Morgan fingerprint density at radius 1 is 1.13 bits per heavy atom. The van der Waals surface area contributed by atoms with Crippen LogP contribution < -0.4 is 10.2 Å². The third-order valence-electron chi connectivity index (χ3n) is 6.69. The van der Waals surface area contributed by atoms with Crippen molar-refractivity contribution in [3.05, 3.63) is 23.8 Å². The fourth-order valence-corrected chi connectivity index (χ4v) is 5.34. The van der Waals surface area contributed by atoms with E-state index < -0.39 is 10.0 Å². The Labute approximate surface area is 187 Å². The van der Waals surface area contributed by atoms with E-state index in [1.807, 2.05) is 0 Å². The van der Waals surface area contributed by atoms with Crippen LogP contribution in [0.15, 0.2) is 23.1 Å². The Hall–Kier alpha value is -1.64. The smallest absolute Gasteiger partial charge is 0.253 e. The molecule has 2 fully saturated rings. The first kappa shape index (κ1) is 24.0. The summed E-state index contributed by atoms with van der Waals surface area (Å²) in [4.78, 5) is 18.0. The van der Waals surface area contributed by atoms with E-state index >= 15 is 0 Å². The maximum atomic E-state index is 13.2. The molecule has 0 spiro atoms. The average Bonchev–Trinajstić information content (AvgIpc) is 2.77. The molecule has 0 aromatic heterocycles. The van der Waals surface area contributed by atoms with Gasteiger partial charge in [-0.05, 0) is 76.2 Å². The molecular weight excluding hydrogens is 412 g/mol. The van der Waals surface area contributed by atoms with Crippen LogP contribution in [-0.2, 0) is 10.0 Å². The van der Waals surface area contributed by atoms with E-state index in [2.05, 4.69) is 29.0 Å². The second-order valence-electron chi connectivity index (χ2n) is 9.29. The lowest BCUT2D eigenvalue weighted by Crippen LogP contribution is -2.45. The molecule has 2 aliphatic rings. The number of hydrogen-bond acceptors (Lipinski definition) is 5. The number of nitrogens with zero attached hydrogens (tertiary/aromatic N) is 3. The van der Waals surface area contributed by atoms with Crippen LogP contribution in [0.4, 0.5) is 5.69 Å². The van der Waals surface area contributed by atoms with Crippen LogP contribution in [0.25, 0.3) is 0 Å². The van der Waals surface area contributed by atoms with Crippen molar-refractivity contribution < 1.29 is 13.2 Å². The molecular formula is C23H38N4O3S. The van der Waals surface area contributed by atoms with Gasteiger partial charge in [0.25, 0.3) is 5.91 Å². The van der Waals surface area contributed by atoms with Gasteiger partial charge in [0.15, 0.2) is 0 Å². The average molecular weight is 451 g/mol. The molecule has 1 unspecified atom stereocenters. The molecule has 1 aromatic carbocycles. The van der Waals surface area contributed by atoms with Crippen LogP contribution in [0.3, 0.4) is 0 Å². The molecule has 2 saturated heterocycles. The van der Waals surface area contributed by atoms with Crippen molar-refractivity contribution in [2.45, 2.75) is 56.9 Å². The third kappa shape index (κ3) is 5.79. The van der Waals surface area contributed by atoms with Crippen LogP contribution in [0.1, 0.15) is 56.3 Å². The molecule has 1 amide bonds. The van der Waals surface area contributed by atoms with Gasteiger partial charge >= 0.3 is 0 Å². The molecule has 1 atom stereocenters. The highest BCUT2D eigenvalue weighted by molar-refractivity contribution is 7.89. The molecule has 7 nitrogen and oxygen atoms in total. The van der Waals surface area contributed by atoms with Gasteiger partial charge in [-0.3, -0.25) is 9.69 Å². The highest BCUT2D eigenvalue weighted by atomic mass is 32.2. The number of piperidine rings is 2. The van der Waals surface area contributed by atoms with E-state index in [-0.39, 0.29) is 16.8 Å². The van der Waals surface area contributed by atoms with E-state index in [1.54, 1.807) is 18.2 Å². The Kier molecular flexibility index (Phi) is 7.99. The standard InChI is InChI=1S/C23H38N4O3S/c1-18-10-14-26(15-11-18)19(2)17-24-23(28)21-16-20(31(29,30)25(3)4)8-9-22(21)27-12-6-5-7-13-27/h8-9,16,18-19H,5-7,10-15,17H2,1-4H3,(H,24,28). The number of carbonyl (C=O) groups excluding carboxylic acids is 1. The molecule has 0 saturated carbocycles. The highest BCUT2D eigenvalue weighted by Crippen LogP contribution is 2.28. The minimum atomic E-state index is -3.61. The van der Waals surface area contributed by atoms with E-state index in [0.29, 0.717) is 12.1 Å². The molecule has 2 heterocycles. The maximum absolute atomic E-state index is 13.2. The van der Waals surface area contributed by atoms with Crippen molar-refractivity contribution in [3.63, 3.8) is 0 Å². The van der Waals surface area contributed by atoms with Gasteiger partial charge in [-0.15, -0.1) is 0 Å². The Morgan fingerprint density at radius 2 is 1.77 bits per heavy atom. The van der Waals surface area contributed by atoms with Crippen molar-refractivity contribution in [1.82, 2.24) is 14.5 Å². The lowest BCUT2D eigenvalue weighted by molar-refractivity contribution is 0.0922. The van der Waals surface area contributed by atoms with Gasteiger partial charge in [0.1, 0.15) is 0 Å². The zero-order valence-electron chi connectivity index (χ0n) is 19.4. The summed E-state index contributed by atoms with van der Waals surface area (Å²) in [5.41, 5.74) is 1.28. The number of anilines is 1. The maximum Gasteiger partial charge on any atom is 0.253 e. The molecule has 2 aliphatic heterocycles. The zero-order chi connectivity index (χ0) is 22.6. The number of hydrogen-bond donors (Lipinski definition) is 1.